The molecule has 16 heavy (non-hydrogen) atoms. The number of methoxy groups -OCH3 is 1. The van der Waals surface area contributed by atoms with Crippen molar-refractivity contribution in [2.45, 2.75) is 57.7 Å². The SMILES string of the molecule is COC(=O)OC1CC(C)(C)N(O)C(C)(C)C1. The van der Waals surface area contributed by atoms with Gasteiger partial charge in [-0.05, 0) is 27.7 Å². The molecule has 5 nitrogen and oxygen atoms in total. The van der Waals surface area contributed by atoms with Crippen LogP contribution < -0.4 is 0 Å². The second kappa shape index (κ2) is 4.22. The topological polar surface area (TPSA) is 59.0 Å². The summed E-state index contributed by atoms with van der Waals surface area (Å²) in [6.07, 6.45) is 0.285. The van der Waals surface area contributed by atoms with Crippen LogP contribution in [0.2, 0.25) is 0 Å². The zero-order chi connectivity index (χ0) is 12.6. The van der Waals surface area contributed by atoms with Crippen LogP contribution in [0.3, 0.4) is 0 Å². The fraction of sp³-hybridized carbons (Fsp3) is 0.909. The number of hydrogen-bond donors (Lipinski definition) is 1. The summed E-state index contributed by atoms with van der Waals surface area (Å²) in [6.45, 7) is 7.67. The van der Waals surface area contributed by atoms with Crippen LogP contribution >= 0.6 is 0 Å². The van der Waals surface area contributed by atoms with Crippen molar-refractivity contribution in [2.24, 2.45) is 0 Å². The third kappa shape index (κ3) is 2.65. The van der Waals surface area contributed by atoms with Gasteiger partial charge in [0.15, 0.2) is 0 Å². The summed E-state index contributed by atoms with van der Waals surface area (Å²) in [7, 11) is 1.29. The molecule has 1 rings (SSSR count). The van der Waals surface area contributed by atoms with Crippen LogP contribution in [0.5, 0.6) is 0 Å². The van der Waals surface area contributed by atoms with E-state index in [1.807, 2.05) is 27.7 Å². The molecular formula is C11H21NO4. The molecule has 0 saturated carbocycles. The lowest BCUT2D eigenvalue weighted by Gasteiger charge is -2.50. The van der Waals surface area contributed by atoms with E-state index in [0.717, 1.165) is 0 Å². The molecule has 0 aliphatic carbocycles. The molecule has 5 heteroatoms. The summed E-state index contributed by atoms with van der Waals surface area (Å²) in [5, 5.41) is 11.4. The smallest absolute Gasteiger partial charge is 0.438 e. The minimum absolute atomic E-state index is 0.221. The van der Waals surface area contributed by atoms with Crippen molar-refractivity contribution in [3.05, 3.63) is 0 Å². The average molecular weight is 231 g/mol. The number of ether oxygens (including phenoxy) is 2. The second-order valence-electron chi connectivity index (χ2n) is 5.54. The first-order chi connectivity index (χ1) is 7.19. The third-order valence-corrected chi connectivity index (χ3v) is 3.03. The van der Waals surface area contributed by atoms with Crippen LogP contribution in [0.4, 0.5) is 4.79 Å². The summed E-state index contributed by atoms with van der Waals surface area (Å²) in [6, 6.07) is 0. The first-order valence-corrected chi connectivity index (χ1v) is 5.43. The largest absolute Gasteiger partial charge is 0.508 e. The van der Waals surface area contributed by atoms with Crippen LogP contribution in [-0.2, 0) is 9.47 Å². The molecular weight excluding hydrogens is 210 g/mol. The van der Waals surface area contributed by atoms with E-state index >= 15 is 0 Å². The van der Waals surface area contributed by atoms with E-state index in [2.05, 4.69) is 4.74 Å². The van der Waals surface area contributed by atoms with E-state index in [4.69, 9.17) is 4.74 Å². The van der Waals surface area contributed by atoms with Crippen LogP contribution in [0, 0.1) is 0 Å². The van der Waals surface area contributed by atoms with E-state index in [1.54, 1.807) is 0 Å². The maximum atomic E-state index is 11.1. The van der Waals surface area contributed by atoms with Crippen molar-refractivity contribution in [3.8, 4) is 0 Å². The van der Waals surface area contributed by atoms with Gasteiger partial charge in [-0.1, -0.05) is 0 Å². The van der Waals surface area contributed by atoms with Crippen molar-refractivity contribution in [1.29, 1.82) is 0 Å². The lowest BCUT2D eigenvalue weighted by Crippen LogP contribution is -2.60. The molecule has 0 bridgehead atoms. The lowest BCUT2D eigenvalue weighted by atomic mass is 9.80. The molecule has 1 heterocycles. The Bertz CT molecular complexity index is 257. The maximum absolute atomic E-state index is 11.1. The Morgan fingerprint density at radius 1 is 1.25 bits per heavy atom. The standard InChI is InChI=1S/C11H21NO4/c1-10(2)6-8(16-9(13)15-5)7-11(3,4)12(10)14/h8,14H,6-7H2,1-5H3. The summed E-state index contributed by atoms with van der Waals surface area (Å²) in [5.41, 5.74) is -0.832. The van der Waals surface area contributed by atoms with E-state index in [0.29, 0.717) is 12.8 Å². The molecule has 0 radical (unpaired) electrons. The van der Waals surface area contributed by atoms with Gasteiger partial charge in [-0.3, -0.25) is 0 Å². The quantitative estimate of drug-likeness (QED) is 0.701. The predicted molar refractivity (Wildman–Crippen MR) is 58.3 cm³/mol. The van der Waals surface area contributed by atoms with E-state index < -0.39 is 17.2 Å². The van der Waals surface area contributed by atoms with Crippen molar-refractivity contribution < 1.29 is 19.5 Å². The Balaban J connectivity index is 2.75. The fourth-order valence-corrected chi connectivity index (χ4v) is 2.45. The number of hydroxylamine groups is 2. The first kappa shape index (κ1) is 13.3. The molecule has 1 N–H and O–H groups in total. The molecule has 1 aliphatic rings. The minimum atomic E-state index is -0.664. The van der Waals surface area contributed by atoms with Crippen LogP contribution in [0.15, 0.2) is 0 Å². The van der Waals surface area contributed by atoms with E-state index in [1.165, 1.54) is 12.2 Å². The zero-order valence-electron chi connectivity index (χ0n) is 10.6. The van der Waals surface area contributed by atoms with Crippen LogP contribution in [-0.4, -0.2) is 40.7 Å². The van der Waals surface area contributed by atoms with Crippen LogP contribution in [0.25, 0.3) is 0 Å². The number of piperidine rings is 1. The highest BCUT2D eigenvalue weighted by Crippen LogP contribution is 2.37. The Hall–Kier alpha value is -0.810. The second-order valence-corrected chi connectivity index (χ2v) is 5.54. The minimum Gasteiger partial charge on any atom is -0.438 e. The highest BCUT2D eigenvalue weighted by atomic mass is 16.7. The third-order valence-electron chi connectivity index (χ3n) is 3.03. The van der Waals surface area contributed by atoms with Crippen molar-refractivity contribution in [3.63, 3.8) is 0 Å². The molecule has 1 aliphatic heterocycles. The van der Waals surface area contributed by atoms with Gasteiger partial charge in [0.05, 0.1) is 7.11 Å². The zero-order valence-corrected chi connectivity index (χ0v) is 10.6. The number of carbonyl (C=O) groups excluding carboxylic acids is 1. The van der Waals surface area contributed by atoms with Gasteiger partial charge in [-0.2, -0.15) is 5.06 Å². The molecule has 1 fully saturated rings. The number of carbonyl (C=O) groups is 1. The predicted octanol–water partition coefficient (Wildman–Crippen LogP) is 2.18. The van der Waals surface area contributed by atoms with Gasteiger partial charge < -0.3 is 14.7 Å². The fourth-order valence-electron chi connectivity index (χ4n) is 2.45. The summed E-state index contributed by atoms with van der Waals surface area (Å²) >= 11 is 0. The molecule has 1 saturated heterocycles. The molecule has 0 aromatic heterocycles. The maximum Gasteiger partial charge on any atom is 0.508 e. The Kier molecular flexibility index (Phi) is 3.50. The molecule has 0 aromatic rings. The van der Waals surface area contributed by atoms with Gasteiger partial charge in [-0.25, -0.2) is 4.79 Å². The summed E-state index contributed by atoms with van der Waals surface area (Å²) in [4.78, 5) is 11.1. The summed E-state index contributed by atoms with van der Waals surface area (Å²) in [5.74, 6) is 0. The van der Waals surface area contributed by atoms with Crippen molar-refractivity contribution >= 4 is 6.16 Å². The van der Waals surface area contributed by atoms with Gasteiger partial charge >= 0.3 is 6.16 Å². The van der Waals surface area contributed by atoms with Gasteiger partial charge in [-0.15, -0.1) is 0 Å². The first-order valence-electron chi connectivity index (χ1n) is 5.43. The van der Waals surface area contributed by atoms with Crippen molar-refractivity contribution in [2.75, 3.05) is 7.11 Å². The molecule has 0 spiro atoms. The van der Waals surface area contributed by atoms with Gasteiger partial charge in [0.2, 0.25) is 0 Å². The van der Waals surface area contributed by atoms with E-state index in [-0.39, 0.29) is 6.10 Å². The highest BCUT2D eigenvalue weighted by Gasteiger charge is 2.46. The van der Waals surface area contributed by atoms with Gasteiger partial charge in [0, 0.05) is 23.9 Å². The molecule has 0 amide bonds. The molecule has 94 valence electrons. The average Bonchev–Trinajstić information content (AvgIpc) is 2.13. The highest BCUT2D eigenvalue weighted by molar-refractivity contribution is 5.59. The normalized spacial score (nSPS) is 25.1. The number of hydrogen-bond acceptors (Lipinski definition) is 5. The van der Waals surface area contributed by atoms with E-state index in [9.17, 15) is 10.0 Å². The van der Waals surface area contributed by atoms with Crippen molar-refractivity contribution in [1.82, 2.24) is 5.06 Å². The summed E-state index contributed by atoms with van der Waals surface area (Å²) < 4.78 is 9.64. The Morgan fingerprint density at radius 2 is 1.69 bits per heavy atom. The van der Waals surface area contributed by atoms with Crippen LogP contribution in [0.1, 0.15) is 40.5 Å². The van der Waals surface area contributed by atoms with Gasteiger partial charge in [0.1, 0.15) is 6.10 Å². The number of rotatable bonds is 1. The Morgan fingerprint density at radius 3 is 2.06 bits per heavy atom. The lowest BCUT2D eigenvalue weighted by molar-refractivity contribution is -0.257. The number of nitrogens with zero attached hydrogens (tertiary/aromatic N) is 1. The molecule has 0 aromatic carbocycles. The molecule has 0 unspecified atom stereocenters. The Labute approximate surface area is 96.3 Å². The molecule has 0 atom stereocenters. The monoisotopic (exact) mass is 231 g/mol. The van der Waals surface area contributed by atoms with Gasteiger partial charge in [0.25, 0.3) is 0 Å².